The van der Waals surface area contributed by atoms with Gasteiger partial charge in [-0.2, -0.15) is 0 Å². The zero-order chi connectivity index (χ0) is 15.7. The largest absolute Gasteiger partial charge is 0.481 e. The number of carboxylic acid groups (broad SMARTS) is 1. The van der Waals surface area contributed by atoms with Gasteiger partial charge in [0.15, 0.2) is 0 Å². The molecule has 0 atom stereocenters. The quantitative estimate of drug-likeness (QED) is 0.693. The van der Waals surface area contributed by atoms with Gasteiger partial charge in [-0.15, -0.1) is 0 Å². The number of para-hydroxylation sites is 1. The zero-order valence-electron chi connectivity index (χ0n) is 11.8. The Hall–Kier alpha value is -2.57. The van der Waals surface area contributed by atoms with Crippen LogP contribution in [0.25, 0.3) is 0 Å². The van der Waals surface area contributed by atoms with E-state index < -0.39 is 12.0 Å². The summed E-state index contributed by atoms with van der Waals surface area (Å²) in [5, 5.41) is 13.6. The van der Waals surface area contributed by atoms with E-state index in [-0.39, 0.29) is 25.4 Å². The molecule has 7 heteroatoms. The highest BCUT2D eigenvalue weighted by atomic mass is 16.4. The summed E-state index contributed by atoms with van der Waals surface area (Å²) in [6.07, 6.45) is 0.309. The number of nitrogens with one attached hydrogen (secondary N) is 2. The lowest BCUT2D eigenvalue weighted by Gasteiger charge is -2.22. The minimum absolute atomic E-state index is 0.0218. The highest BCUT2D eigenvalue weighted by molar-refractivity contribution is 5.94. The van der Waals surface area contributed by atoms with E-state index in [1.54, 1.807) is 24.3 Å². The predicted molar refractivity (Wildman–Crippen MR) is 78.1 cm³/mol. The second-order valence-electron chi connectivity index (χ2n) is 4.32. The van der Waals surface area contributed by atoms with Crippen LogP contribution in [0, 0.1) is 0 Å². The normalized spacial score (nSPS) is 9.76. The molecular formula is C14H19N3O4. The van der Waals surface area contributed by atoms with Crippen LogP contribution in [0.15, 0.2) is 30.3 Å². The molecule has 0 aliphatic carbocycles. The Balaban J connectivity index is 2.69. The number of carbonyl (C=O) groups is 3. The van der Waals surface area contributed by atoms with Crippen LogP contribution in [0.3, 0.4) is 0 Å². The molecule has 1 aromatic carbocycles. The Morgan fingerprint density at radius 3 is 2.43 bits per heavy atom. The number of nitrogens with zero attached hydrogens (tertiary/aromatic N) is 1. The number of aliphatic carboxylic acids is 1. The SMILES string of the molecule is CNC(=O)CNC(=O)N(CCCC(=O)O)c1ccccc1. The summed E-state index contributed by atoms with van der Waals surface area (Å²) in [6.45, 7) is 0.132. The minimum Gasteiger partial charge on any atom is -0.481 e. The van der Waals surface area contributed by atoms with Crippen LogP contribution in [0.2, 0.25) is 0 Å². The molecule has 0 unspecified atom stereocenters. The van der Waals surface area contributed by atoms with Crippen LogP contribution in [-0.2, 0) is 9.59 Å². The fourth-order valence-electron chi connectivity index (χ4n) is 1.68. The maximum absolute atomic E-state index is 12.1. The van der Waals surface area contributed by atoms with Gasteiger partial charge in [0.1, 0.15) is 0 Å². The highest BCUT2D eigenvalue weighted by Gasteiger charge is 2.16. The van der Waals surface area contributed by atoms with E-state index in [0.717, 1.165) is 0 Å². The third kappa shape index (κ3) is 5.94. The Kier molecular flexibility index (Phi) is 6.73. The summed E-state index contributed by atoms with van der Waals surface area (Å²) in [7, 11) is 1.48. The molecule has 0 aliphatic rings. The van der Waals surface area contributed by atoms with Gasteiger partial charge in [0, 0.05) is 25.7 Å². The lowest BCUT2D eigenvalue weighted by molar-refractivity contribution is -0.137. The van der Waals surface area contributed by atoms with Crippen molar-refractivity contribution in [3.05, 3.63) is 30.3 Å². The summed E-state index contributed by atoms with van der Waals surface area (Å²) < 4.78 is 0. The molecule has 0 bridgehead atoms. The van der Waals surface area contributed by atoms with Crippen LogP contribution in [0.1, 0.15) is 12.8 Å². The van der Waals surface area contributed by atoms with Gasteiger partial charge >= 0.3 is 12.0 Å². The highest BCUT2D eigenvalue weighted by Crippen LogP contribution is 2.14. The van der Waals surface area contributed by atoms with Gasteiger partial charge in [0.2, 0.25) is 5.91 Å². The Labute approximate surface area is 122 Å². The third-order valence-electron chi connectivity index (χ3n) is 2.76. The first-order valence-electron chi connectivity index (χ1n) is 6.57. The van der Waals surface area contributed by atoms with Crippen LogP contribution >= 0.6 is 0 Å². The average molecular weight is 293 g/mol. The van der Waals surface area contributed by atoms with Crippen molar-refractivity contribution in [2.75, 3.05) is 25.0 Å². The van der Waals surface area contributed by atoms with E-state index in [1.807, 2.05) is 6.07 Å². The van der Waals surface area contributed by atoms with Gasteiger partial charge < -0.3 is 15.7 Å². The number of carbonyl (C=O) groups excluding carboxylic acids is 2. The van der Waals surface area contributed by atoms with Crippen molar-refractivity contribution in [3.63, 3.8) is 0 Å². The number of rotatable bonds is 7. The molecule has 0 saturated heterocycles. The molecule has 7 nitrogen and oxygen atoms in total. The second-order valence-corrected chi connectivity index (χ2v) is 4.32. The molecule has 1 rings (SSSR count). The van der Waals surface area contributed by atoms with Gasteiger partial charge in [-0.3, -0.25) is 14.5 Å². The molecule has 1 aromatic rings. The lowest BCUT2D eigenvalue weighted by Crippen LogP contribution is -2.44. The number of anilines is 1. The van der Waals surface area contributed by atoms with E-state index in [1.165, 1.54) is 11.9 Å². The molecule has 0 radical (unpaired) electrons. The molecule has 0 heterocycles. The fourth-order valence-corrected chi connectivity index (χ4v) is 1.68. The van der Waals surface area contributed by atoms with Crippen molar-refractivity contribution >= 4 is 23.6 Å². The fraction of sp³-hybridized carbons (Fsp3) is 0.357. The maximum atomic E-state index is 12.1. The van der Waals surface area contributed by atoms with Crippen molar-refractivity contribution in [2.24, 2.45) is 0 Å². The van der Waals surface area contributed by atoms with Crippen LogP contribution in [-0.4, -0.2) is 43.2 Å². The topological polar surface area (TPSA) is 98.7 Å². The molecule has 3 N–H and O–H groups in total. The number of carboxylic acids is 1. The third-order valence-corrected chi connectivity index (χ3v) is 2.76. The van der Waals surface area contributed by atoms with Gasteiger partial charge in [0.05, 0.1) is 6.54 Å². The number of hydrogen-bond acceptors (Lipinski definition) is 3. The summed E-state index contributed by atoms with van der Waals surface area (Å²) in [6, 6.07) is 8.45. The summed E-state index contributed by atoms with van der Waals surface area (Å²) >= 11 is 0. The Bertz CT molecular complexity index is 490. The van der Waals surface area contributed by atoms with Crippen molar-refractivity contribution < 1.29 is 19.5 Å². The van der Waals surface area contributed by atoms with Crippen molar-refractivity contribution in [2.45, 2.75) is 12.8 Å². The van der Waals surface area contributed by atoms with Gasteiger partial charge in [0.25, 0.3) is 0 Å². The molecule has 3 amide bonds. The number of amides is 3. The molecule has 0 saturated carbocycles. The number of hydrogen-bond donors (Lipinski definition) is 3. The van der Waals surface area contributed by atoms with E-state index >= 15 is 0 Å². The van der Waals surface area contributed by atoms with Crippen LogP contribution in [0.5, 0.6) is 0 Å². The van der Waals surface area contributed by atoms with E-state index in [0.29, 0.717) is 12.1 Å². The monoisotopic (exact) mass is 293 g/mol. The number of likely N-dealkylation sites (N-methyl/N-ethyl adjacent to an activating group) is 1. The minimum atomic E-state index is -0.909. The molecule has 0 fully saturated rings. The Morgan fingerprint density at radius 1 is 1.19 bits per heavy atom. The smallest absolute Gasteiger partial charge is 0.322 e. The molecule has 0 spiro atoms. The first-order valence-corrected chi connectivity index (χ1v) is 6.57. The van der Waals surface area contributed by atoms with Gasteiger partial charge in [-0.1, -0.05) is 18.2 Å². The second kappa shape index (κ2) is 8.57. The van der Waals surface area contributed by atoms with E-state index in [2.05, 4.69) is 10.6 Å². The average Bonchev–Trinajstić information content (AvgIpc) is 2.49. The first kappa shape index (κ1) is 16.5. The Morgan fingerprint density at radius 2 is 1.86 bits per heavy atom. The summed E-state index contributed by atoms with van der Waals surface area (Å²) in [4.78, 5) is 35.3. The van der Waals surface area contributed by atoms with E-state index in [9.17, 15) is 14.4 Å². The van der Waals surface area contributed by atoms with Crippen molar-refractivity contribution in [1.29, 1.82) is 0 Å². The predicted octanol–water partition coefficient (Wildman–Crippen LogP) is 0.813. The molecular weight excluding hydrogens is 274 g/mol. The lowest BCUT2D eigenvalue weighted by atomic mass is 10.2. The van der Waals surface area contributed by atoms with Crippen molar-refractivity contribution in [1.82, 2.24) is 10.6 Å². The molecule has 114 valence electrons. The first-order chi connectivity index (χ1) is 10.0. The number of urea groups is 1. The maximum Gasteiger partial charge on any atom is 0.322 e. The van der Waals surface area contributed by atoms with Gasteiger partial charge in [-0.05, 0) is 18.6 Å². The standard InChI is InChI=1S/C14H19N3O4/c1-15-12(18)10-16-14(21)17(9-5-8-13(19)20)11-6-3-2-4-7-11/h2-4,6-7H,5,8-10H2,1H3,(H,15,18)(H,16,21)(H,19,20). The summed E-state index contributed by atoms with van der Waals surface area (Å²) in [5.41, 5.74) is 0.650. The van der Waals surface area contributed by atoms with Gasteiger partial charge in [-0.25, -0.2) is 4.79 Å². The zero-order valence-corrected chi connectivity index (χ0v) is 11.8. The van der Waals surface area contributed by atoms with Crippen LogP contribution in [0.4, 0.5) is 10.5 Å². The molecule has 0 aromatic heterocycles. The van der Waals surface area contributed by atoms with Crippen LogP contribution < -0.4 is 15.5 Å². The summed E-state index contributed by atoms with van der Waals surface area (Å²) in [5.74, 6) is -1.21. The molecule has 0 aliphatic heterocycles. The van der Waals surface area contributed by atoms with E-state index in [4.69, 9.17) is 5.11 Å². The molecule has 21 heavy (non-hydrogen) atoms. The number of benzene rings is 1. The van der Waals surface area contributed by atoms with Crippen molar-refractivity contribution in [3.8, 4) is 0 Å².